The summed E-state index contributed by atoms with van der Waals surface area (Å²) < 4.78 is 5.22. The molecule has 1 aliphatic carbocycles. The highest BCUT2D eigenvalue weighted by molar-refractivity contribution is 5.27. The summed E-state index contributed by atoms with van der Waals surface area (Å²) in [7, 11) is 1.72. The van der Waals surface area contributed by atoms with Crippen LogP contribution in [0.15, 0.2) is 24.3 Å². The Bertz CT molecular complexity index is 373. The molecule has 0 aliphatic heterocycles. The van der Waals surface area contributed by atoms with Gasteiger partial charge >= 0.3 is 0 Å². The fourth-order valence-electron chi connectivity index (χ4n) is 3.42. The van der Waals surface area contributed by atoms with Gasteiger partial charge in [-0.1, -0.05) is 38.8 Å². The summed E-state index contributed by atoms with van der Waals surface area (Å²) in [5.41, 5.74) is 1.41. The number of hydrogen-bond donors (Lipinski definition) is 1. The minimum atomic E-state index is 0.621. The van der Waals surface area contributed by atoms with Crippen molar-refractivity contribution < 1.29 is 4.74 Å². The second kappa shape index (κ2) is 6.95. The summed E-state index contributed by atoms with van der Waals surface area (Å²) >= 11 is 0. The van der Waals surface area contributed by atoms with E-state index in [2.05, 4.69) is 43.4 Å². The average Bonchev–Trinajstić information content (AvgIpc) is 2.85. The molecule has 106 valence electrons. The van der Waals surface area contributed by atoms with Gasteiger partial charge in [-0.3, -0.25) is 0 Å². The summed E-state index contributed by atoms with van der Waals surface area (Å²) in [6, 6.07) is 9.15. The lowest BCUT2D eigenvalue weighted by molar-refractivity contribution is 0.298. The highest BCUT2D eigenvalue weighted by Gasteiger charge is 2.30. The molecule has 2 heteroatoms. The van der Waals surface area contributed by atoms with Crippen molar-refractivity contribution in [2.75, 3.05) is 13.7 Å². The van der Waals surface area contributed by atoms with Crippen molar-refractivity contribution in [3.63, 3.8) is 0 Å². The van der Waals surface area contributed by atoms with E-state index in [0.717, 1.165) is 30.6 Å². The number of likely N-dealkylation sites (N-methyl/N-ethyl adjacent to an activating group) is 1. The largest absolute Gasteiger partial charge is 0.497 e. The van der Waals surface area contributed by atoms with E-state index in [1.54, 1.807) is 7.11 Å². The molecule has 2 rings (SSSR count). The molecule has 1 fully saturated rings. The highest BCUT2D eigenvalue weighted by atomic mass is 16.5. The van der Waals surface area contributed by atoms with Crippen LogP contribution in [0.5, 0.6) is 5.75 Å². The third kappa shape index (κ3) is 3.73. The molecule has 2 nitrogen and oxygen atoms in total. The highest BCUT2D eigenvalue weighted by Crippen LogP contribution is 2.34. The van der Waals surface area contributed by atoms with E-state index in [-0.39, 0.29) is 0 Å². The summed E-state index contributed by atoms with van der Waals surface area (Å²) in [6.45, 7) is 5.68. The Hall–Kier alpha value is -1.02. The van der Waals surface area contributed by atoms with Crippen molar-refractivity contribution in [3.8, 4) is 5.75 Å². The first-order valence-electron chi connectivity index (χ1n) is 7.61. The minimum absolute atomic E-state index is 0.621. The molecule has 1 aromatic carbocycles. The predicted octanol–water partition coefficient (Wildman–Crippen LogP) is 3.65. The summed E-state index contributed by atoms with van der Waals surface area (Å²) in [4.78, 5) is 0. The van der Waals surface area contributed by atoms with Crippen molar-refractivity contribution in [2.24, 2.45) is 11.8 Å². The van der Waals surface area contributed by atoms with Crippen LogP contribution >= 0.6 is 0 Å². The smallest absolute Gasteiger partial charge is 0.118 e. The fourth-order valence-corrected chi connectivity index (χ4v) is 3.42. The van der Waals surface area contributed by atoms with Gasteiger partial charge in [0.1, 0.15) is 5.75 Å². The number of methoxy groups -OCH3 is 1. The van der Waals surface area contributed by atoms with Gasteiger partial charge in [-0.05, 0) is 48.9 Å². The zero-order valence-corrected chi connectivity index (χ0v) is 12.5. The lowest BCUT2D eigenvalue weighted by atomic mass is 9.86. The van der Waals surface area contributed by atoms with Gasteiger partial charge in [0, 0.05) is 6.04 Å². The Morgan fingerprint density at radius 2 is 2.00 bits per heavy atom. The molecule has 0 amide bonds. The molecule has 3 unspecified atom stereocenters. The van der Waals surface area contributed by atoms with Crippen molar-refractivity contribution in [1.29, 1.82) is 0 Å². The summed E-state index contributed by atoms with van der Waals surface area (Å²) in [6.07, 6.45) is 5.31. The second-order valence-electron chi connectivity index (χ2n) is 5.79. The van der Waals surface area contributed by atoms with Crippen LogP contribution in [0, 0.1) is 11.8 Å². The molecule has 1 aliphatic rings. The monoisotopic (exact) mass is 261 g/mol. The number of rotatable bonds is 6. The van der Waals surface area contributed by atoms with E-state index in [1.165, 1.54) is 24.8 Å². The molecule has 0 bridgehead atoms. The van der Waals surface area contributed by atoms with Crippen LogP contribution in [0.3, 0.4) is 0 Å². The Labute approximate surface area is 117 Å². The standard InChI is InChI=1S/C17H27NO/c1-4-18-17(16-7-5-6-13(16)2)12-14-8-10-15(19-3)11-9-14/h8-11,13,16-18H,4-7,12H2,1-3H3. The molecular formula is C17H27NO. The lowest BCUT2D eigenvalue weighted by Crippen LogP contribution is -2.39. The third-order valence-electron chi connectivity index (χ3n) is 4.53. The Balaban J connectivity index is 2.02. The lowest BCUT2D eigenvalue weighted by Gasteiger charge is -2.28. The van der Waals surface area contributed by atoms with E-state index in [1.807, 2.05) is 0 Å². The van der Waals surface area contributed by atoms with Crippen LogP contribution in [0.4, 0.5) is 0 Å². The predicted molar refractivity (Wildman–Crippen MR) is 80.7 cm³/mol. The van der Waals surface area contributed by atoms with Gasteiger partial charge in [-0.25, -0.2) is 0 Å². The zero-order chi connectivity index (χ0) is 13.7. The van der Waals surface area contributed by atoms with Gasteiger partial charge in [0.05, 0.1) is 7.11 Å². The van der Waals surface area contributed by atoms with E-state index in [4.69, 9.17) is 4.74 Å². The van der Waals surface area contributed by atoms with Gasteiger partial charge in [-0.2, -0.15) is 0 Å². The first kappa shape index (κ1) is 14.4. The molecular weight excluding hydrogens is 234 g/mol. The Morgan fingerprint density at radius 3 is 2.53 bits per heavy atom. The van der Waals surface area contributed by atoms with Crippen LogP contribution in [-0.2, 0) is 6.42 Å². The fraction of sp³-hybridized carbons (Fsp3) is 0.647. The van der Waals surface area contributed by atoms with Gasteiger partial charge < -0.3 is 10.1 Å². The minimum Gasteiger partial charge on any atom is -0.497 e. The molecule has 0 heterocycles. The summed E-state index contributed by atoms with van der Waals surface area (Å²) in [5, 5.41) is 3.70. The first-order chi connectivity index (χ1) is 9.24. The number of benzene rings is 1. The van der Waals surface area contributed by atoms with Crippen molar-refractivity contribution in [3.05, 3.63) is 29.8 Å². The number of hydrogen-bond acceptors (Lipinski definition) is 2. The van der Waals surface area contributed by atoms with E-state index in [0.29, 0.717) is 6.04 Å². The molecule has 3 atom stereocenters. The Morgan fingerprint density at radius 1 is 1.26 bits per heavy atom. The van der Waals surface area contributed by atoms with Crippen LogP contribution in [0.1, 0.15) is 38.7 Å². The third-order valence-corrected chi connectivity index (χ3v) is 4.53. The van der Waals surface area contributed by atoms with Crippen LogP contribution in [-0.4, -0.2) is 19.7 Å². The molecule has 0 radical (unpaired) electrons. The van der Waals surface area contributed by atoms with Crippen LogP contribution in [0.2, 0.25) is 0 Å². The molecule has 19 heavy (non-hydrogen) atoms. The molecule has 0 spiro atoms. The van der Waals surface area contributed by atoms with Gasteiger partial charge in [0.2, 0.25) is 0 Å². The van der Waals surface area contributed by atoms with Crippen LogP contribution < -0.4 is 10.1 Å². The molecule has 1 saturated carbocycles. The maximum atomic E-state index is 5.22. The topological polar surface area (TPSA) is 21.3 Å². The van der Waals surface area contributed by atoms with Gasteiger partial charge in [0.15, 0.2) is 0 Å². The van der Waals surface area contributed by atoms with Crippen molar-refractivity contribution >= 4 is 0 Å². The molecule has 1 N–H and O–H groups in total. The SMILES string of the molecule is CCNC(Cc1ccc(OC)cc1)C1CCCC1C. The van der Waals surface area contributed by atoms with Crippen LogP contribution in [0.25, 0.3) is 0 Å². The van der Waals surface area contributed by atoms with E-state index >= 15 is 0 Å². The Kier molecular flexibility index (Phi) is 5.26. The molecule has 0 saturated heterocycles. The normalized spacial score (nSPS) is 24.4. The number of ether oxygens (including phenoxy) is 1. The number of nitrogens with one attached hydrogen (secondary N) is 1. The maximum Gasteiger partial charge on any atom is 0.118 e. The molecule has 0 aromatic heterocycles. The van der Waals surface area contributed by atoms with E-state index < -0.39 is 0 Å². The van der Waals surface area contributed by atoms with Gasteiger partial charge in [0.25, 0.3) is 0 Å². The quantitative estimate of drug-likeness (QED) is 0.844. The second-order valence-corrected chi connectivity index (χ2v) is 5.79. The van der Waals surface area contributed by atoms with Gasteiger partial charge in [-0.15, -0.1) is 0 Å². The van der Waals surface area contributed by atoms with Crippen molar-refractivity contribution in [1.82, 2.24) is 5.32 Å². The van der Waals surface area contributed by atoms with Crippen molar-refractivity contribution in [2.45, 2.75) is 45.6 Å². The van der Waals surface area contributed by atoms with E-state index in [9.17, 15) is 0 Å². The molecule has 1 aromatic rings. The first-order valence-corrected chi connectivity index (χ1v) is 7.61. The maximum absolute atomic E-state index is 5.22. The zero-order valence-electron chi connectivity index (χ0n) is 12.5. The summed E-state index contributed by atoms with van der Waals surface area (Å²) in [5.74, 6) is 2.64. The average molecular weight is 261 g/mol.